The SMILES string of the molecule is CC(C)(C)c1ccc(C(=O)Nc2ccc(N3CCC4(CC3)OCCO4)cc2)cc1. The van der Waals surface area contributed by atoms with Crippen LogP contribution in [0.4, 0.5) is 11.4 Å². The van der Waals surface area contributed by atoms with Gasteiger partial charge in [0.25, 0.3) is 5.91 Å². The molecule has 2 aliphatic rings. The molecule has 2 fully saturated rings. The Labute approximate surface area is 173 Å². The van der Waals surface area contributed by atoms with Crippen molar-refractivity contribution in [2.45, 2.75) is 44.8 Å². The van der Waals surface area contributed by atoms with Crippen LogP contribution in [-0.4, -0.2) is 38.0 Å². The zero-order chi connectivity index (χ0) is 20.5. The van der Waals surface area contributed by atoms with Gasteiger partial charge in [-0.05, 0) is 47.4 Å². The number of benzene rings is 2. The molecule has 5 heteroatoms. The first-order valence-corrected chi connectivity index (χ1v) is 10.4. The molecule has 0 saturated carbocycles. The number of ether oxygens (including phenoxy) is 2. The van der Waals surface area contributed by atoms with Crippen molar-refractivity contribution in [1.82, 2.24) is 0 Å². The summed E-state index contributed by atoms with van der Waals surface area (Å²) in [7, 11) is 0. The van der Waals surface area contributed by atoms with Gasteiger partial charge in [-0.1, -0.05) is 32.9 Å². The fourth-order valence-corrected chi connectivity index (χ4v) is 3.97. The highest BCUT2D eigenvalue weighted by atomic mass is 16.7. The number of nitrogens with zero attached hydrogens (tertiary/aromatic N) is 1. The number of carbonyl (C=O) groups excluding carboxylic acids is 1. The molecule has 0 aliphatic carbocycles. The molecule has 0 radical (unpaired) electrons. The van der Waals surface area contributed by atoms with Crippen molar-refractivity contribution in [3.8, 4) is 0 Å². The first-order chi connectivity index (χ1) is 13.8. The molecule has 0 bridgehead atoms. The first kappa shape index (κ1) is 19.9. The Balaban J connectivity index is 1.35. The van der Waals surface area contributed by atoms with Crippen molar-refractivity contribution >= 4 is 17.3 Å². The Morgan fingerprint density at radius 3 is 2.07 bits per heavy atom. The van der Waals surface area contributed by atoms with Crippen LogP contribution in [0.15, 0.2) is 48.5 Å². The van der Waals surface area contributed by atoms with Crippen molar-refractivity contribution < 1.29 is 14.3 Å². The summed E-state index contributed by atoms with van der Waals surface area (Å²) in [6.07, 6.45) is 1.77. The Morgan fingerprint density at radius 1 is 0.931 bits per heavy atom. The summed E-state index contributed by atoms with van der Waals surface area (Å²) in [6, 6.07) is 15.9. The van der Waals surface area contributed by atoms with Gasteiger partial charge in [0.05, 0.1) is 13.2 Å². The lowest BCUT2D eigenvalue weighted by Crippen LogP contribution is -2.45. The van der Waals surface area contributed by atoms with Gasteiger partial charge < -0.3 is 19.7 Å². The maximum Gasteiger partial charge on any atom is 0.255 e. The lowest BCUT2D eigenvalue weighted by Gasteiger charge is -2.38. The molecule has 2 saturated heterocycles. The van der Waals surface area contributed by atoms with Crippen LogP contribution in [0.25, 0.3) is 0 Å². The van der Waals surface area contributed by atoms with Crippen LogP contribution in [0.3, 0.4) is 0 Å². The average Bonchev–Trinajstić information content (AvgIpc) is 3.17. The van der Waals surface area contributed by atoms with E-state index in [0.717, 1.165) is 37.3 Å². The van der Waals surface area contributed by atoms with Crippen LogP contribution in [-0.2, 0) is 14.9 Å². The fourth-order valence-electron chi connectivity index (χ4n) is 3.97. The van der Waals surface area contributed by atoms with Gasteiger partial charge in [0.1, 0.15) is 0 Å². The Hall–Kier alpha value is -2.37. The quantitative estimate of drug-likeness (QED) is 0.828. The molecule has 29 heavy (non-hydrogen) atoms. The summed E-state index contributed by atoms with van der Waals surface area (Å²) in [5.74, 6) is -0.443. The second-order valence-corrected chi connectivity index (χ2v) is 8.92. The summed E-state index contributed by atoms with van der Waals surface area (Å²) in [4.78, 5) is 14.9. The van der Waals surface area contributed by atoms with Gasteiger partial charge in [0, 0.05) is 42.9 Å². The van der Waals surface area contributed by atoms with Gasteiger partial charge in [-0.3, -0.25) is 4.79 Å². The van der Waals surface area contributed by atoms with Crippen LogP contribution in [0, 0.1) is 0 Å². The molecule has 0 atom stereocenters. The number of nitrogens with one attached hydrogen (secondary N) is 1. The highest BCUT2D eigenvalue weighted by Gasteiger charge is 2.39. The van der Waals surface area contributed by atoms with Gasteiger partial charge in [-0.2, -0.15) is 0 Å². The second-order valence-electron chi connectivity index (χ2n) is 8.92. The number of carbonyl (C=O) groups is 1. The average molecular weight is 395 g/mol. The van der Waals surface area contributed by atoms with Crippen LogP contribution in [0.1, 0.15) is 49.5 Å². The number of piperidine rings is 1. The maximum absolute atomic E-state index is 12.6. The predicted octanol–water partition coefficient (Wildman–Crippen LogP) is 4.58. The van der Waals surface area contributed by atoms with Crippen molar-refractivity contribution in [2.24, 2.45) is 0 Å². The molecule has 2 aromatic carbocycles. The Morgan fingerprint density at radius 2 is 1.52 bits per heavy atom. The van der Waals surface area contributed by atoms with Gasteiger partial charge >= 0.3 is 0 Å². The Bertz CT molecular complexity index is 837. The van der Waals surface area contributed by atoms with Gasteiger partial charge in [0.15, 0.2) is 5.79 Å². The number of hydrogen-bond acceptors (Lipinski definition) is 4. The molecule has 154 valence electrons. The molecule has 1 N–H and O–H groups in total. The molecule has 1 amide bonds. The summed E-state index contributed by atoms with van der Waals surface area (Å²) < 4.78 is 11.6. The summed E-state index contributed by atoms with van der Waals surface area (Å²) in [6.45, 7) is 9.72. The second kappa shape index (κ2) is 7.81. The smallest absolute Gasteiger partial charge is 0.255 e. The van der Waals surface area contributed by atoms with E-state index in [9.17, 15) is 4.79 Å². The predicted molar refractivity (Wildman–Crippen MR) is 116 cm³/mol. The monoisotopic (exact) mass is 394 g/mol. The van der Waals surface area contributed by atoms with E-state index in [-0.39, 0.29) is 17.1 Å². The van der Waals surface area contributed by atoms with Gasteiger partial charge in [-0.25, -0.2) is 0 Å². The normalized spacial score (nSPS) is 18.8. The molecule has 0 aromatic heterocycles. The zero-order valence-electron chi connectivity index (χ0n) is 17.5. The van der Waals surface area contributed by atoms with E-state index >= 15 is 0 Å². The van der Waals surface area contributed by atoms with E-state index in [1.807, 2.05) is 36.4 Å². The largest absolute Gasteiger partial charge is 0.371 e. The van der Waals surface area contributed by atoms with E-state index in [0.29, 0.717) is 18.8 Å². The van der Waals surface area contributed by atoms with Crippen LogP contribution in [0.5, 0.6) is 0 Å². The topological polar surface area (TPSA) is 50.8 Å². The zero-order valence-corrected chi connectivity index (χ0v) is 17.5. The first-order valence-electron chi connectivity index (χ1n) is 10.4. The standard InChI is InChI=1S/C24H30N2O3/c1-23(2,3)19-6-4-18(5-7-19)22(27)25-20-8-10-21(11-9-20)26-14-12-24(13-15-26)28-16-17-29-24/h4-11H,12-17H2,1-3H3,(H,25,27). The maximum atomic E-state index is 12.6. The molecule has 2 aliphatic heterocycles. The lowest BCUT2D eigenvalue weighted by atomic mass is 9.87. The molecule has 1 spiro atoms. The summed E-state index contributed by atoms with van der Waals surface area (Å²) >= 11 is 0. The third-order valence-corrected chi connectivity index (χ3v) is 5.84. The third-order valence-electron chi connectivity index (χ3n) is 5.84. The van der Waals surface area contributed by atoms with E-state index < -0.39 is 0 Å². The van der Waals surface area contributed by atoms with Crippen LogP contribution in [0.2, 0.25) is 0 Å². The van der Waals surface area contributed by atoms with Gasteiger partial charge in [0.2, 0.25) is 0 Å². The molecule has 0 unspecified atom stereocenters. The number of anilines is 2. The molecule has 5 nitrogen and oxygen atoms in total. The number of rotatable bonds is 3. The van der Waals surface area contributed by atoms with Crippen LogP contribution >= 0.6 is 0 Å². The van der Waals surface area contributed by atoms with Crippen molar-refractivity contribution in [2.75, 3.05) is 36.5 Å². The molecule has 2 heterocycles. The third kappa shape index (κ3) is 4.46. The summed E-state index contributed by atoms with van der Waals surface area (Å²) in [5.41, 5.74) is 3.92. The van der Waals surface area contributed by atoms with E-state index in [1.165, 1.54) is 5.56 Å². The highest BCUT2D eigenvalue weighted by Crippen LogP contribution is 2.33. The Kier molecular flexibility index (Phi) is 5.36. The highest BCUT2D eigenvalue weighted by molar-refractivity contribution is 6.04. The fraction of sp³-hybridized carbons (Fsp3) is 0.458. The molecular formula is C24H30N2O3. The van der Waals surface area contributed by atoms with Crippen molar-refractivity contribution in [3.63, 3.8) is 0 Å². The molecule has 2 aromatic rings. The van der Waals surface area contributed by atoms with E-state index in [1.54, 1.807) is 0 Å². The molecule has 4 rings (SSSR count). The number of amides is 1. The van der Waals surface area contributed by atoms with Crippen molar-refractivity contribution in [1.29, 1.82) is 0 Å². The van der Waals surface area contributed by atoms with E-state index in [4.69, 9.17) is 9.47 Å². The van der Waals surface area contributed by atoms with Crippen LogP contribution < -0.4 is 10.2 Å². The minimum absolute atomic E-state index is 0.0783. The molecular weight excluding hydrogens is 364 g/mol. The van der Waals surface area contributed by atoms with E-state index in [2.05, 4.69) is 43.1 Å². The minimum Gasteiger partial charge on any atom is -0.371 e. The van der Waals surface area contributed by atoms with Crippen molar-refractivity contribution in [3.05, 3.63) is 59.7 Å². The lowest BCUT2D eigenvalue weighted by molar-refractivity contribution is -0.169. The number of hydrogen-bond donors (Lipinski definition) is 1. The minimum atomic E-state index is -0.354. The van der Waals surface area contributed by atoms with Gasteiger partial charge in [-0.15, -0.1) is 0 Å². The summed E-state index contributed by atoms with van der Waals surface area (Å²) in [5, 5.41) is 2.99.